The minimum atomic E-state index is -1.09. The van der Waals surface area contributed by atoms with Gasteiger partial charge in [-0.1, -0.05) is 0 Å². The number of aromatic amines is 1. The van der Waals surface area contributed by atoms with E-state index in [-0.39, 0.29) is 11.4 Å². The van der Waals surface area contributed by atoms with Crippen molar-refractivity contribution in [2.24, 2.45) is 0 Å². The molecule has 1 saturated carbocycles. The van der Waals surface area contributed by atoms with Crippen LogP contribution in [0.4, 0.5) is 0 Å². The number of carbonyl (C=O) groups is 1. The minimum absolute atomic E-state index is 0.0723. The Bertz CT molecular complexity index is 436. The van der Waals surface area contributed by atoms with E-state index >= 15 is 0 Å². The molecule has 0 atom stereocenters. The highest BCUT2D eigenvalue weighted by atomic mass is 16.5. The zero-order chi connectivity index (χ0) is 10.8. The third-order valence-corrected chi connectivity index (χ3v) is 2.04. The zero-order valence-corrected chi connectivity index (χ0v) is 7.90. The summed E-state index contributed by atoms with van der Waals surface area (Å²) in [6.07, 6.45) is 2.01. The molecule has 1 fully saturated rings. The first-order valence-electron chi connectivity index (χ1n) is 4.61. The molecule has 6 nitrogen and oxygen atoms in total. The van der Waals surface area contributed by atoms with Gasteiger partial charge in [-0.3, -0.25) is 4.79 Å². The first kappa shape index (κ1) is 9.70. The molecule has 1 aromatic heterocycles. The highest BCUT2D eigenvalue weighted by molar-refractivity contribution is 5.68. The van der Waals surface area contributed by atoms with E-state index < -0.39 is 12.6 Å². The summed E-state index contributed by atoms with van der Waals surface area (Å²) in [5.74, 6) is -0.137. The Labute approximate surface area is 84.9 Å². The maximum Gasteiger partial charge on any atom is 0.341 e. The van der Waals surface area contributed by atoms with E-state index in [0.717, 1.165) is 18.9 Å². The number of carboxylic acid groups (broad SMARTS) is 1. The second-order valence-corrected chi connectivity index (χ2v) is 3.43. The van der Waals surface area contributed by atoms with Gasteiger partial charge in [-0.2, -0.15) is 4.98 Å². The summed E-state index contributed by atoms with van der Waals surface area (Å²) in [6.45, 7) is -0.486. The molecule has 0 unspecified atom stereocenters. The Kier molecular flexibility index (Phi) is 2.40. The fourth-order valence-corrected chi connectivity index (χ4v) is 1.21. The van der Waals surface area contributed by atoms with Gasteiger partial charge in [-0.25, -0.2) is 4.79 Å². The van der Waals surface area contributed by atoms with Gasteiger partial charge in [-0.15, -0.1) is 0 Å². The lowest BCUT2D eigenvalue weighted by Crippen LogP contribution is -2.15. The van der Waals surface area contributed by atoms with Crippen molar-refractivity contribution in [1.29, 1.82) is 0 Å². The van der Waals surface area contributed by atoms with Crippen LogP contribution < -0.4 is 10.3 Å². The van der Waals surface area contributed by atoms with Crippen molar-refractivity contribution in [3.05, 3.63) is 22.2 Å². The largest absolute Gasteiger partial charge is 0.479 e. The first-order chi connectivity index (χ1) is 7.15. The molecule has 2 rings (SSSR count). The molecule has 1 aromatic rings. The molecular weight excluding hydrogens is 200 g/mol. The Morgan fingerprint density at radius 1 is 1.67 bits per heavy atom. The first-order valence-corrected chi connectivity index (χ1v) is 4.61. The van der Waals surface area contributed by atoms with Crippen LogP contribution in [0.25, 0.3) is 0 Å². The molecule has 0 radical (unpaired) electrons. The predicted octanol–water partition coefficient (Wildman–Crippen LogP) is 0.111. The molecule has 1 aliphatic rings. The summed E-state index contributed by atoms with van der Waals surface area (Å²) in [5, 5.41) is 8.40. The number of rotatable bonds is 4. The quantitative estimate of drug-likeness (QED) is 0.735. The molecule has 15 heavy (non-hydrogen) atoms. The van der Waals surface area contributed by atoms with E-state index in [1.807, 2.05) is 0 Å². The predicted molar refractivity (Wildman–Crippen MR) is 50.0 cm³/mol. The van der Waals surface area contributed by atoms with E-state index in [1.54, 1.807) is 0 Å². The van der Waals surface area contributed by atoms with E-state index in [4.69, 9.17) is 9.84 Å². The van der Waals surface area contributed by atoms with Crippen molar-refractivity contribution in [2.75, 3.05) is 6.61 Å². The molecule has 1 aliphatic carbocycles. The maximum absolute atomic E-state index is 11.2. The number of carboxylic acids is 1. The number of hydrogen-bond donors (Lipinski definition) is 2. The standard InChI is InChI=1S/C9H10N2O4/c12-6-3-7(15-4-8(13)14)11-9(10-6)5-1-2-5/h3,5H,1-2,4H2,(H,13,14)(H,10,11,12). The molecule has 0 bridgehead atoms. The van der Waals surface area contributed by atoms with Crippen LogP contribution in [-0.4, -0.2) is 27.7 Å². The van der Waals surface area contributed by atoms with Gasteiger partial charge in [0.25, 0.3) is 5.56 Å². The van der Waals surface area contributed by atoms with Crippen LogP contribution in [0.5, 0.6) is 5.88 Å². The number of aliphatic carboxylic acids is 1. The van der Waals surface area contributed by atoms with E-state index in [1.165, 1.54) is 0 Å². The Hall–Kier alpha value is -1.85. The number of ether oxygens (including phenoxy) is 1. The third-order valence-electron chi connectivity index (χ3n) is 2.04. The molecule has 1 heterocycles. The lowest BCUT2D eigenvalue weighted by atomic mass is 10.4. The zero-order valence-electron chi connectivity index (χ0n) is 7.90. The summed E-state index contributed by atoms with van der Waals surface area (Å²) < 4.78 is 4.84. The van der Waals surface area contributed by atoms with Gasteiger partial charge in [0.15, 0.2) is 6.61 Å². The number of nitrogens with zero attached hydrogens (tertiary/aromatic N) is 1. The monoisotopic (exact) mass is 210 g/mol. The van der Waals surface area contributed by atoms with Crippen LogP contribution in [0.2, 0.25) is 0 Å². The molecule has 0 aliphatic heterocycles. The van der Waals surface area contributed by atoms with Gasteiger partial charge < -0.3 is 14.8 Å². The van der Waals surface area contributed by atoms with Gasteiger partial charge in [-0.05, 0) is 12.8 Å². The van der Waals surface area contributed by atoms with Gasteiger partial charge in [0, 0.05) is 5.92 Å². The van der Waals surface area contributed by atoms with Crippen molar-refractivity contribution >= 4 is 5.97 Å². The summed E-state index contributed by atoms with van der Waals surface area (Å²) in [7, 11) is 0. The lowest BCUT2D eigenvalue weighted by Gasteiger charge is -2.03. The van der Waals surface area contributed by atoms with Gasteiger partial charge >= 0.3 is 5.97 Å². The van der Waals surface area contributed by atoms with E-state index in [9.17, 15) is 9.59 Å². The molecule has 2 N–H and O–H groups in total. The van der Waals surface area contributed by atoms with Crippen LogP contribution >= 0.6 is 0 Å². The Balaban J connectivity index is 2.15. The van der Waals surface area contributed by atoms with Crippen LogP contribution in [0.15, 0.2) is 10.9 Å². The minimum Gasteiger partial charge on any atom is -0.479 e. The van der Waals surface area contributed by atoms with Crippen LogP contribution in [0.1, 0.15) is 24.6 Å². The lowest BCUT2D eigenvalue weighted by molar-refractivity contribution is -0.139. The molecule has 0 amide bonds. The van der Waals surface area contributed by atoms with Gasteiger partial charge in [0.05, 0.1) is 6.07 Å². The Morgan fingerprint density at radius 3 is 3.00 bits per heavy atom. The third kappa shape index (κ3) is 2.55. The van der Waals surface area contributed by atoms with Crippen LogP contribution in [-0.2, 0) is 4.79 Å². The van der Waals surface area contributed by atoms with Gasteiger partial charge in [0.2, 0.25) is 5.88 Å². The fraction of sp³-hybridized carbons (Fsp3) is 0.444. The number of H-pyrrole nitrogens is 1. The second-order valence-electron chi connectivity index (χ2n) is 3.43. The van der Waals surface area contributed by atoms with Crippen molar-refractivity contribution in [3.63, 3.8) is 0 Å². The average Bonchev–Trinajstić information content (AvgIpc) is 2.97. The van der Waals surface area contributed by atoms with Crippen molar-refractivity contribution in [1.82, 2.24) is 9.97 Å². The highest BCUT2D eigenvalue weighted by Gasteiger charge is 2.26. The summed E-state index contributed by atoms with van der Waals surface area (Å²) in [4.78, 5) is 28.0. The van der Waals surface area contributed by atoms with Crippen LogP contribution in [0.3, 0.4) is 0 Å². The molecular formula is C9H10N2O4. The summed E-state index contributed by atoms with van der Waals surface area (Å²) in [6, 6.07) is 1.15. The number of aromatic nitrogens is 2. The SMILES string of the molecule is O=C(O)COc1cc(=O)[nH]c(C2CC2)n1. The smallest absolute Gasteiger partial charge is 0.341 e. The van der Waals surface area contributed by atoms with Gasteiger partial charge in [0.1, 0.15) is 5.82 Å². The topological polar surface area (TPSA) is 92.3 Å². The molecule has 0 saturated heterocycles. The van der Waals surface area contributed by atoms with Crippen molar-refractivity contribution in [3.8, 4) is 5.88 Å². The fourth-order valence-electron chi connectivity index (χ4n) is 1.21. The van der Waals surface area contributed by atoms with E-state index in [0.29, 0.717) is 11.7 Å². The Morgan fingerprint density at radius 2 is 2.40 bits per heavy atom. The summed E-state index contributed by atoms with van der Waals surface area (Å²) in [5.41, 5.74) is -0.313. The highest BCUT2D eigenvalue weighted by Crippen LogP contribution is 2.37. The maximum atomic E-state index is 11.2. The van der Waals surface area contributed by atoms with Crippen LogP contribution in [0, 0.1) is 0 Å². The number of nitrogens with one attached hydrogen (secondary N) is 1. The molecule has 6 heteroatoms. The average molecular weight is 210 g/mol. The van der Waals surface area contributed by atoms with Crippen molar-refractivity contribution < 1.29 is 14.6 Å². The van der Waals surface area contributed by atoms with Crippen molar-refractivity contribution in [2.45, 2.75) is 18.8 Å². The summed E-state index contributed by atoms with van der Waals surface area (Å²) >= 11 is 0. The molecule has 0 aromatic carbocycles. The normalized spacial score (nSPS) is 14.9. The molecule has 80 valence electrons. The number of hydrogen-bond acceptors (Lipinski definition) is 4. The van der Waals surface area contributed by atoms with E-state index in [2.05, 4.69) is 9.97 Å². The second kappa shape index (κ2) is 3.72. The molecule has 0 spiro atoms.